The molecule has 6 aromatic rings. The largest absolute Gasteiger partial charge is 0.207 e. The second-order valence-corrected chi connectivity index (χ2v) is 13.7. The zero-order valence-corrected chi connectivity index (χ0v) is 29.4. The van der Waals surface area contributed by atoms with Crippen molar-refractivity contribution in [1.29, 1.82) is 0 Å². The molecule has 0 aromatic heterocycles. The normalized spacial score (nSPS) is 11.3. The summed E-state index contributed by atoms with van der Waals surface area (Å²) in [5.41, 5.74) is 11.1. The zero-order valence-electron chi connectivity index (χ0n) is 29.4. The van der Waals surface area contributed by atoms with E-state index in [1.54, 1.807) is 48.5 Å². The van der Waals surface area contributed by atoms with Crippen molar-refractivity contribution < 1.29 is 17.6 Å². The van der Waals surface area contributed by atoms with Crippen LogP contribution in [0.1, 0.15) is 67.2 Å². The van der Waals surface area contributed by atoms with Crippen LogP contribution in [-0.4, -0.2) is 0 Å². The molecule has 0 amide bonds. The Balaban J connectivity index is 0.896. The number of hydrogen-bond acceptors (Lipinski definition) is 0. The Morgan fingerprint density at radius 1 is 0.333 bits per heavy atom. The third-order valence-electron chi connectivity index (χ3n) is 9.99. The second-order valence-electron chi connectivity index (χ2n) is 13.7. The maximum atomic E-state index is 15.0. The summed E-state index contributed by atoms with van der Waals surface area (Å²) >= 11 is 0. The minimum absolute atomic E-state index is 0.312. The van der Waals surface area contributed by atoms with Crippen molar-refractivity contribution in [1.82, 2.24) is 0 Å². The quantitative estimate of drug-likeness (QED) is 0.0791. The molecule has 6 aromatic carbocycles. The summed E-state index contributed by atoms with van der Waals surface area (Å²) in [6.45, 7) is 4.26. The number of hydrogen-bond donors (Lipinski definition) is 0. The average molecular weight is 685 g/mol. The lowest BCUT2D eigenvalue weighted by atomic mass is 9.94. The Labute approximate surface area is 299 Å². The fraction of sp³-hybridized carbons (Fsp3) is 0.234. The molecule has 0 heterocycles. The minimum Gasteiger partial charge on any atom is -0.207 e. The second kappa shape index (κ2) is 16.8. The lowest BCUT2D eigenvalue weighted by molar-refractivity contribution is 0.578. The fourth-order valence-electron chi connectivity index (χ4n) is 6.94. The zero-order chi connectivity index (χ0) is 35.7. The highest BCUT2D eigenvalue weighted by atomic mass is 19.1. The molecule has 0 spiro atoms. The van der Waals surface area contributed by atoms with Crippen LogP contribution in [0.5, 0.6) is 0 Å². The predicted octanol–water partition coefficient (Wildman–Crippen LogP) is 14.0. The van der Waals surface area contributed by atoms with E-state index in [4.69, 9.17) is 0 Å². The molecule has 260 valence electrons. The van der Waals surface area contributed by atoms with Gasteiger partial charge in [-0.2, -0.15) is 0 Å². The molecular weight excluding hydrogens is 641 g/mol. The maximum Gasteiger partial charge on any atom is 0.131 e. The topological polar surface area (TPSA) is 0 Å². The van der Waals surface area contributed by atoms with Crippen LogP contribution in [0.4, 0.5) is 17.6 Å². The van der Waals surface area contributed by atoms with Crippen LogP contribution in [0.15, 0.2) is 121 Å². The van der Waals surface area contributed by atoms with Crippen molar-refractivity contribution in [2.75, 3.05) is 0 Å². The Morgan fingerprint density at radius 2 is 0.647 bits per heavy atom. The van der Waals surface area contributed by atoms with Crippen molar-refractivity contribution in [3.63, 3.8) is 0 Å². The molecule has 51 heavy (non-hydrogen) atoms. The standard InChI is InChI=1S/C47H44F4/c1-32-28-38(40-20-26-44(46(50)30-40)36-16-22-42(48)23-17-36)14-12-34(32)10-8-6-4-3-5-7-9-11-35-13-15-39(29-33(35)2)41-21-27-45(47(51)31-41)37-18-24-43(49)25-19-37/h12-31H,3-11H2,1-2H3. The number of rotatable bonds is 14. The average Bonchev–Trinajstić information content (AvgIpc) is 3.13. The Bertz CT molecular complexity index is 1930. The van der Waals surface area contributed by atoms with E-state index in [0.717, 1.165) is 47.9 Å². The van der Waals surface area contributed by atoms with Crippen molar-refractivity contribution in [2.24, 2.45) is 0 Å². The van der Waals surface area contributed by atoms with Gasteiger partial charge in [-0.1, -0.05) is 117 Å². The van der Waals surface area contributed by atoms with E-state index in [1.807, 2.05) is 12.1 Å². The minimum atomic E-state index is -0.334. The van der Waals surface area contributed by atoms with Crippen LogP contribution in [0.2, 0.25) is 0 Å². The Hall–Kier alpha value is -4.96. The van der Waals surface area contributed by atoms with Gasteiger partial charge in [0.05, 0.1) is 0 Å². The van der Waals surface area contributed by atoms with Gasteiger partial charge in [0.25, 0.3) is 0 Å². The van der Waals surface area contributed by atoms with E-state index in [0.29, 0.717) is 22.3 Å². The Kier molecular flexibility index (Phi) is 11.8. The lowest BCUT2D eigenvalue weighted by Crippen LogP contribution is -1.93. The molecule has 6 rings (SSSR count). The van der Waals surface area contributed by atoms with Crippen LogP contribution < -0.4 is 0 Å². The number of aryl methyl sites for hydroxylation is 4. The summed E-state index contributed by atoms with van der Waals surface area (Å²) in [6, 6.07) is 35.1. The first-order chi connectivity index (χ1) is 24.7. The van der Waals surface area contributed by atoms with Crippen LogP contribution in [0.3, 0.4) is 0 Å². The first-order valence-electron chi connectivity index (χ1n) is 18.1. The third-order valence-corrected chi connectivity index (χ3v) is 9.99. The van der Waals surface area contributed by atoms with Gasteiger partial charge < -0.3 is 0 Å². The summed E-state index contributed by atoms with van der Waals surface area (Å²) in [6.07, 6.45) is 10.6. The molecule has 0 aliphatic rings. The first kappa shape index (κ1) is 35.9. The smallest absolute Gasteiger partial charge is 0.131 e. The van der Waals surface area contributed by atoms with Gasteiger partial charge in [-0.3, -0.25) is 0 Å². The van der Waals surface area contributed by atoms with Gasteiger partial charge >= 0.3 is 0 Å². The van der Waals surface area contributed by atoms with Crippen molar-refractivity contribution in [3.05, 3.63) is 167 Å². The summed E-state index contributed by atoms with van der Waals surface area (Å²) < 4.78 is 56.5. The van der Waals surface area contributed by atoms with E-state index >= 15 is 0 Å². The number of unbranched alkanes of at least 4 members (excludes halogenated alkanes) is 6. The molecule has 0 radical (unpaired) electrons. The summed E-state index contributed by atoms with van der Waals surface area (Å²) in [5, 5.41) is 0. The van der Waals surface area contributed by atoms with Crippen LogP contribution in [0.25, 0.3) is 44.5 Å². The molecule has 0 atom stereocenters. The fourth-order valence-corrected chi connectivity index (χ4v) is 6.94. The van der Waals surface area contributed by atoms with Gasteiger partial charge in [0.15, 0.2) is 0 Å². The van der Waals surface area contributed by atoms with Gasteiger partial charge in [0.2, 0.25) is 0 Å². The van der Waals surface area contributed by atoms with Crippen LogP contribution in [-0.2, 0) is 12.8 Å². The monoisotopic (exact) mass is 684 g/mol. The van der Waals surface area contributed by atoms with E-state index < -0.39 is 0 Å². The van der Waals surface area contributed by atoms with E-state index in [2.05, 4.69) is 50.2 Å². The first-order valence-corrected chi connectivity index (χ1v) is 18.1. The predicted molar refractivity (Wildman–Crippen MR) is 204 cm³/mol. The summed E-state index contributed by atoms with van der Waals surface area (Å²) in [4.78, 5) is 0. The van der Waals surface area contributed by atoms with Gasteiger partial charge in [-0.15, -0.1) is 0 Å². The molecule has 0 unspecified atom stereocenters. The Morgan fingerprint density at radius 3 is 1.00 bits per heavy atom. The molecule has 0 bridgehead atoms. The molecule has 0 aliphatic carbocycles. The van der Waals surface area contributed by atoms with E-state index in [-0.39, 0.29) is 23.3 Å². The van der Waals surface area contributed by atoms with Gasteiger partial charge in [-0.25, -0.2) is 17.6 Å². The molecular formula is C47H44F4. The van der Waals surface area contributed by atoms with Crippen molar-refractivity contribution >= 4 is 0 Å². The van der Waals surface area contributed by atoms with Crippen LogP contribution >= 0.6 is 0 Å². The van der Waals surface area contributed by atoms with Crippen LogP contribution in [0, 0.1) is 37.1 Å². The summed E-state index contributed by atoms with van der Waals surface area (Å²) in [5.74, 6) is -1.29. The van der Waals surface area contributed by atoms with E-state index in [1.165, 1.54) is 78.6 Å². The highest BCUT2D eigenvalue weighted by Gasteiger charge is 2.11. The van der Waals surface area contributed by atoms with Crippen molar-refractivity contribution in [2.45, 2.75) is 71.6 Å². The molecule has 0 aliphatic heterocycles. The molecule has 0 saturated carbocycles. The highest BCUT2D eigenvalue weighted by Crippen LogP contribution is 2.31. The summed E-state index contributed by atoms with van der Waals surface area (Å²) in [7, 11) is 0. The van der Waals surface area contributed by atoms with Gasteiger partial charge in [0, 0.05) is 11.1 Å². The van der Waals surface area contributed by atoms with Gasteiger partial charge in [-0.05, 0) is 132 Å². The third kappa shape index (κ3) is 9.24. The molecule has 0 fully saturated rings. The number of benzene rings is 6. The van der Waals surface area contributed by atoms with Gasteiger partial charge in [0.1, 0.15) is 23.3 Å². The van der Waals surface area contributed by atoms with Crippen molar-refractivity contribution in [3.8, 4) is 44.5 Å². The molecule has 4 heteroatoms. The highest BCUT2D eigenvalue weighted by molar-refractivity contribution is 5.73. The molecule has 0 saturated heterocycles. The van der Waals surface area contributed by atoms with E-state index in [9.17, 15) is 17.6 Å². The molecule has 0 N–H and O–H groups in total. The molecule has 0 nitrogen and oxygen atoms in total. The maximum absolute atomic E-state index is 15.0. The SMILES string of the molecule is Cc1cc(-c2ccc(-c3ccc(F)cc3)c(F)c2)ccc1CCCCCCCCCc1ccc(-c2ccc(-c3ccc(F)cc3)c(F)c2)cc1C. The number of halogens is 4. The lowest BCUT2D eigenvalue weighted by Gasteiger charge is -2.11.